The summed E-state index contributed by atoms with van der Waals surface area (Å²) in [5, 5.41) is 3.09. The summed E-state index contributed by atoms with van der Waals surface area (Å²) >= 11 is 0. The molecule has 1 fully saturated rings. The molecule has 1 aromatic carbocycles. The van der Waals surface area contributed by atoms with Gasteiger partial charge in [-0.2, -0.15) is 0 Å². The molecule has 1 aromatic rings. The SMILES string of the molecule is NC(=O)C1(CNCc2cccc(OC(F)(F)F)c2)CCOCC1. The number of rotatable bonds is 6. The summed E-state index contributed by atoms with van der Waals surface area (Å²) in [7, 11) is 0. The van der Waals surface area contributed by atoms with Gasteiger partial charge in [0.1, 0.15) is 5.75 Å². The van der Waals surface area contributed by atoms with E-state index in [1.807, 2.05) is 0 Å². The highest BCUT2D eigenvalue weighted by Gasteiger charge is 2.38. The van der Waals surface area contributed by atoms with Crippen LogP contribution in [0.1, 0.15) is 18.4 Å². The summed E-state index contributed by atoms with van der Waals surface area (Å²) in [6.07, 6.45) is -3.65. The topological polar surface area (TPSA) is 73.6 Å². The predicted molar refractivity (Wildman–Crippen MR) is 76.5 cm³/mol. The number of alkyl halides is 3. The Hall–Kier alpha value is -1.80. The summed E-state index contributed by atoms with van der Waals surface area (Å²) in [4.78, 5) is 11.7. The second-order valence-electron chi connectivity index (χ2n) is 5.56. The number of nitrogens with one attached hydrogen (secondary N) is 1. The van der Waals surface area contributed by atoms with Gasteiger partial charge in [-0.15, -0.1) is 13.2 Å². The van der Waals surface area contributed by atoms with Crippen LogP contribution in [0.5, 0.6) is 5.75 Å². The molecule has 128 valence electrons. The van der Waals surface area contributed by atoms with Crippen LogP contribution >= 0.6 is 0 Å². The van der Waals surface area contributed by atoms with Gasteiger partial charge in [0, 0.05) is 26.3 Å². The highest BCUT2D eigenvalue weighted by Crippen LogP contribution is 2.29. The Morgan fingerprint density at radius 2 is 2.04 bits per heavy atom. The van der Waals surface area contributed by atoms with Crippen LogP contribution < -0.4 is 15.8 Å². The molecule has 0 saturated carbocycles. The van der Waals surface area contributed by atoms with Crippen molar-refractivity contribution in [1.29, 1.82) is 0 Å². The molecular weight excluding hydrogens is 313 g/mol. The maximum atomic E-state index is 12.2. The average molecular weight is 332 g/mol. The molecule has 0 aliphatic carbocycles. The number of carbonyl (C=O) groups excluding carboxylic acids is 1. The number of ether oxygens (including phenoxy) is 2. The highest BCUT2D eigenvalue weighted by atomic mass is 19.4. The number of hydrogen-bond donors (Lipinski definition) is 2. The second-order valence-corrected chi connectivity index (χ2v) is 5.56. The highest BCUT2D eigenvalue weighted by molar-refractivity contribution is 5.81. The molecule has 0 bridgehead atoms. The number of hydrogen-bond acceptors (Lipinski definition) is 4. The quantitative estimate of drug-likeness (QED) is 0.835. The van der Waals surface area contributed by atoms with E-state index in [-0.39, 0.29) is 11.7 Å². The van der Waals surface area contributed by atoms with Crippen molar-refractivity contribution >= 4 is 5.91 Å². The van der Waals surface area contributed by atoms with Crippen molar-refractivity contribution in [2.75, 3.05) is 19.8 Å². The smallest absolute Gasteiger partial charge is 0.406 e. The molecule has 1 aliphatic heterocycles. The van der Waals surface area contributed by atoms with Crippen LogP contribution in [-0.4, -0.2) is 32.0 Å². The number of primary amides is 1. The van der Waals surface area contributed by atoms with Crippen molar-refractivity contribution in [2.45, 2.75) is 25.7 Å². The molecule has 5 nitrogen and oxygen atoms in total. The third kappa shape index (κ3) is 5.11. The minimum absolute atomic E-state index is 0.271. The Morgan fingerprint density at radius 1 is 1.35 bits per heavy atom. The van der Waals surface area contributed by atoms with E-state index in [4.69, 9.17) is 10.5 Å². The van der Waals surface area contributed by atoms with Gasteiger partial charge in [0.15, 0.2) is 0 Å². The monoisotopic (exact) mass is 332 g/mol. The van der Waals surface area contributed by atoms with Crippen molar-refractivity contribution in [3.8, 4) is 5.75 Å². The molecule has 1 saturated heterocycles. The van der Waals surface area contributed by atoms with Crippen LogP contribution in [0.25, 0.3) is 0 Å². The number of nitrogens with two attached hydrogens (primary N) is 1. The van der Waals surface area contributed by atoms with Crippen molar-refractivity contribution in [3.63, 3.8) is 0 Å². The average Bonchev–Trinajstić information content (AvgIpc) is 2.47. The Bertz CT molecular complexity index is 543. The third-order valence-electron chi connectivity index (χ3n) is 3.90. The molecular formula is C15H19F3N2O3. The van der Waals surface area contributed by atoms with E-state index in [0.717, 1.165) is 0 Å². The maximum absolute atomic E-state index is 12.2. The zero-order valence-electron chi connectivity index (χ0n) is 12.5. The molecule has 0 spiro atoms. The Labute approximate surface area is 131 Å². The van der Waals surface area contributed by atoms with Gasteiger partial charge in [-0.3, -0.25) is 4.79 Å². The first-order valence-electron chi connectivity index (χ1n) is 7.24. The van der Waals surface area contributed by atoms with Crippen molar-refractivity contribution in [2.24, 2.45) is 11.1 Å². The number of carbonyl (C=O) groups is 1. The second kappa shape index (κ2) is 7.18. The Morgan fingerprint density at radius 3 is 2.65 bits per heavy atom. The lowest BCUT2D eigenvalue weighted by Crippen LogP contribution is -2.48. The van der Waals surface area contributed by atoms with Gasteiger partial charge in [0.25, 0.3) is 0 Å². The van der Waals surface area contributed by atoms with Crippen LogP contribution in [0.2, 0.25) is 0 Å². The maximum Gasteiger partial charge on any atom is 0.573 e. The van der Waals surface area contributed by atoms with Gasteiger partial charge >= 0.3 is 6.36 Å². The van der Waals surface area contributed by atoms with E-state index in [9.17, 15) is 18.0 Å². The Kier molecular flexibility index (Phi) is 5.48. The number of amides is 1. The minimum Gasteiger partial charge on any atom is -0.406 e. The van der Waals surface area contributed by atoms with Crippen LogP contribution in [0, 0.1) is 5.41 Å². The van der Waals surface area contributed by atoms with Gasteiger partial charge in [0.2, 0.25) is 5.91 Å². The van der Waals surface area contributed by atoms with Crippen LogP contribution in [0.15, 0.2) is 24.3 Å². The third-order valence-corrected chi connectivity index (χ3v) is 3.90. The largest absolute Gasteiger partial charge is 0.573 e. The molecule has 1 aliphatic rings. The van der Waals surface area contributed by atoms with Gasteiger partial charge in [-0.25, -0.2) is 0 Å². The van der Waals surface area contributed by atoms with E-state index in [1.165, 1.54) is 18.2 Å². The Balaban J connectivity index is 1.92. The molecule has 23 heavy (non-hydrogen) atoms. The summed E-state index contributed by atoms with van der Waals surface area (Å²) in [5.74, 6) is -0.657. The standard InChI is InChI=1S/C15H19F3N2O3/c16-15(17,18)23-12-3-1-2-11(8-12)9-20-10-14(13(19)21)4-6-22-7-5-14/h1-3,8,20H,4-7,9-10H2,(H2,19,21). The fourth-order valence-corrected chi connectivity index (χ4v) is 2.57. The fourth-order valence-electron chi connectivity index (χ4n) is 2.57. The first kappa shape index (κ1) is 17.6. The summed E-state index contributed by atoms with van der Waals surface area (Å²) in [6.45, 7) is 1.61. The molecule has 0 aromatic heterocycles. The van der Waals surface area contributed by atoms with Crippen LogP contribution in [0.3, 0.4) is 0 Å². The predicted octanol–water partition coefficient (Wildman–Crippen LogP) is 1.96. The van der Waals surface area contributed by atoms with E-state index in [2.05, 4.69) is 10.1 Å². The molecule has 3 N–H and O–H groups in total. The first-order valence-corrected chi connectivity index (χ1v) is 7.24. The lowest BCUT2D eigenvalue weighted by molar-refractivity contribution is -0.274. The lowest BCUT2D eigenvalue weighted by Gasteiger charge is -2.34. The molecule has 1 heterocycles. The van der Waals surface area contributed by atoms with Gasteiger partial charge in [-0.05, 0) is 30.5 Å². The van der Waals surface area contributed by atoms with Gasteiger partial charge < -0.3 is 20.5 Å². The first-order chi connectivity index (χ1) is 10.8. The van der Waals surface area contributed by atoms with Gasteiger partial charge in [-0.1, -0.05) is 12.1 Å². The molecule has 8 heteroatoms. The van der Waals surface area contributed by atoms with E-state index in [1.54, 1.807) is 6.07 Å². The molecule has 1 amide bonds. The number of benzene rings is 1. The zero-order valence-corrected chi connectivity index (χ0v) is 12.5. The molecule has 0 unspecified atom stereocenters. The van der Waals surface area contributed by atoms with Crippen LogP contribution in [-0.2, 0) is 16.1 Å². The summed E-state index contributed by atoms with van der Waals surface area (Å²) in [6, 6.07) is 5.70. The molecule has 0 radical (unpaired) electrons. The van der Waals surface area contributed by atoms with E-state index in [0.29, 0.717) is 44.7 Å². The van der Waals surface area contributed by atoms with Crippen molar-refractivity contribution in [3.05, 3.63) is 29.8 Å². The van der Waals surface area contributed by atoms with E-state index >= 15 is 0 Å². The molecule has 2 rings (SSSR count). The lowest BCUT2D eigenvalue weighted by atomic mass is 9.79. The minimum atomic E-state index is -4.72. The van der Waals surface area contributed by atoms with Gasteiger partial charge in [0.05, 0.1) is 5.41 Å². The number of halogens is 3. The van der Waals surface area contributed by atoms with Crippen molar-refractivity contribution < 1.29 is 27.4 Å². The molecule has 0 atom stereocenters. The van der Waals surface area contributed by atoms with Crippen molar-refractivity contribution in [1.82, 2.24) is 5.32 Å². The van der Waals surface area contributed by atoms with E-state index < -0.39 is 11.8 Å². The summed E-state index contributed by atoms with van der Waals surface area (Å²) < 4.78 is 45.7. The zero-order chi connectivity index (χ0) is 16.9. The summed E-state index contributed by atoms with van der Waals surface area (Å²) in [5.41, 5.74) is 5.45. The fraction of sp³-hybridized carbons (Fsp3) is 0.533. The normalized spacial score (nSPS) is 17.7. The van der Waals surface area contributed by atoms with Crippen LogP contribution in [0.4, 0.5) is 13.2 Å².